The molecule has 1 aromatic heterocycles. The fourth-order valence-corrected chi connectivity index (χ4v) is 6.81. The molecule has 0 radical (unpaired) electrons. The highest BCUT2D eigenvalue weighted by Crippen LogP contribution is 2.56. The maximum atomic E-state index is 15.7. The fourth-order valence-electron chi connectivity index (χ4n) is 6.81. The summed E-state index contributed by atoms with van der Waals surface area (Å²) in [5.74, 6) is -0.189. The first-order valence-corrected chi connectivity index (χ1v) is 14.5. The van der Waals surface area contributed by atoms with Crippen molar-refractivity contribution in [1.82, 2.24) is 0 Å². The van der Waals surface area contributed by atoms with E-state index in [-0.39, 0.29) is 11.2 Å². The van der Waals surface area contributed by atoms with E-state index in [1.54, 1.807) is 6.07 Å². The van der Waals surface area contributed by atoms with Crippen molar-refractivity contribution in [3.8, 4) is 50.7 Å². The van der Waals surface area contributed by atoms with Crippen molar-refractivity contribution in [2.24, 2.45) is 7.05 Å². The monoisotopic (exact) mass is 551 g/mol. The van der Waals surface area contributed by atoms with Crippen LogP contribution < -0.4 is 4.57 Å². The molecular weight excluding hydrogens is 515 g/mol. The second kappa shape index (κ2) is 9.78. The summed E-state index contributed by atoms with van der Waals surface area (Å²) in [4.78, 5) is 0. The zero-order valence-corrected chi connectivity index (χ0v) is 25.4. The van der Waals surface area contributed by atoms with Gasteiger partial charge in [-0.2, -0.15) is 5.26 Å². The Morgan fingerprint density at radius 3 is 2.05 bits per heavy atom. The lowest BCUT2D eigenvalue weighted by atomic mass is 9.75. The molecule has 1 aliphatic rings. The first kappa shape index (κ1) is 27.6. The minimum absolute atomic E-state index is 0.189. The number of hydrogen-bond acceptors (Lipinski definition) is 1. The first-order chi connectivity index (χ1) is 19.9. The summed E-state index contributed by atoms with van der Waals surface area (Å²) in [5, 5.41) is 10.3. The quantitative estimate of drug-likeness (QED) is 0.205. The van der Waals surface area contributed by atoms with E-state index in [2.05, 4.69) is 86.0 Å². The van der Waals surface area contributed by atoms with Gasteiger partial charge >= 0.3 is 0 Å². The van der Waals surface area contributed by atoms with Gasteiger partial charge in [0.1, 0.15) is 12.9 Å². The smallest absolute Gasteiger partial charge is 0.206 e. The second-order valence-corrected chi connectivity index (χ2v) is 13.1. The lowest BCUT2D eigenvalue weighted by Crippen LogP contribution is -2.35. The van der Waals surface area contributed by atoms with Crippen LogP contribution in [0.25, 0.3) is 44.6 Å². The number of rotatable bonds is 3. The zero-order valence-electron chi connectivity index (χ0n) is 25.4. The molecule has 6 rings (SSSR count). The van der Waals surface area contributed by atoms with Gasteiger partial charge in [0, 0.05) is 17.0 Å². The van der Waals surface area contributed by atoms with Gasteiger partial charge < -0.3 is 0 Å². The van der Waals surface area contributed by atoms with Gasteiger partial charge in [-0.1, -0.05) is 101 Å². The van der Waals surface area contributed by atoms with E-state index in [0.29, 0.717) is 11.1 Å². The molecule has 2 nitrogen and oxygen atoms in total. The van der Waals surface area contributed by atoms with E-state index in [4.69, 9.17) is 0 Å². The largest absolute Gasteiger partial charge is 0.215 e. The molecule has 0 N–H and O–H groups in total. The van der Waals surface area contributed by atoms with Crippen molar-refractivity contribution in [2.75, 3.05) is 0 Å². The summed E-state index contributed by atoms with van der Waals surface area (Å²) in [6.45, 7) is 12.7. The van der Waals surface area contributed by atoms with Crippen LogP contribution in [-0.2, 0) is 17.9 Å². The molecule has 4 aromatic carbocycles. The highest BCUT2D eigenvalue weighted by Gasteiger charge is 2.42. The van der Waals surface area contributed by atoms with Crippen LogP contribution in [0.1, 0.15) is 62.4 Å². The minimum atomic E-state index is -0.441. The van der Waals surface area contributed by atoms with Crippen molar-refractivity contribution in [3.63, 3.8) is 0 Å². The molecule has 208 valence electrons. The summed E-state index contributed by atoms with van der Waals surface area (Å²) in [6, 6.07) is 31.4. The Balaban J connectivity index is 1.61. The number of pyridine rings is 1. The fraction of sp³-hybridized carbons (Fsp3) is 0.231. The number of halogens is 1. The van der Waals surface area contributed by atoms with Gasteiger partial charge in [0.15, 0.2) is 6.20 Å². The third-order valence-corrected chi connectivity index (χ3v) is 8.83. The van der Waals surface area contributed by atoms with Gasteiger partial charge in [0.25, 0.3) is 0 Å². The molecule has 0 aliphatic heterocycles. The van der Waals surface area contributed by atoms with E-state index >= 15 is 4.39 Å². The molecule has 3 heteroatoms. The molecule has 42 heavy (non-hydrogen) atoms. The van der Waals surface area contributed by atoms with Crippen LogP contribution in [0.3, 0.4) is 0 Å². The lowest BCUT2D eigenvalue weighted by molar-refractivity contribution is -0.661. The molecule has 1 aliphatic carbocycles. The topological polar surface area (TPSA) is 27.7 Å². The Morgan fingerprint density at radius 2 is 1.38 bits per heavy atom. The van der Waals surface area contributed by atoms with Gasteiger partial charge in [0.05, 0.1) is 22.8 Å². The maximum Gasteiger partial charge on any atom is 0.215 e. The van der Waals surface area contributed by atoms with Gasteiger partial charge in [-0.25, -0.2) is 8.96 Å². The van der Waals surface area contributed by atoms with Crippen LogP contribution in [0.15, 0.2) is 91.1 Å². The highest BCUT2D eigenvalue weighted by molar-refractivity contribution is 5.95. The number of hydrogen-bond donors (Lipinski definition) is 0. The van der Waals surface area contributed by atoms with Crippen LogP contribution >= 0.6 is 0 Å². The van der Waals surface area contributed by atoms with Gasteiger partial charge in [0.2, 0.25) is 5.69 Å². The number of nitrogens with zero attached hydrogens (tertiary/aromatic N) is 2. The molecular formula is C39H36FN2+. The summed E-state index contributed by atoms with van der Waals surface area (Å²) in [7, 11) is 2.01. The van der Waals surface area contributed by atoms with Crippen LogP contribution in [0.4, 0.5) is 4.39 Å². The predicted molar refractivity (Wildman–Crippen MR) is 170 cm³/mol. The molecule has 0 amide bonds. The van der Waals surface area contributed by atoms with Crippen LogP contribution in [0.5, 0.6) is 0 Å². The molecule has 0 fully saturated rings. The van der Waals surface area contributed by atoms with Crippen molar-refractivity contribution in [1.29, 1.82) is 5.26 Å². The standard InChI is InChI=1S/C39H36FN2/c1-24-16-18-29-30-19-17-28(22-41)35(27-15-11-14-26(20-27)25-12-9-8-10-13-25)37(30)39(5,6)36(29)34(24)33-21-32(40)31(23-42(33)7)38(2,3)4/h8-21,23H,1-7H3/q+1. The van der Waals surface area contributed by atoms with E-state index in [1.165, 1.54) is 5.56 Å². The average molecular weight is 552 g/mol. The van der Waals surface area contributed by atoms with Crippen molar-refractivity contribution < 1.29 is 8.96 Å². The highest BCUT2D eigenvalue weighted by atomic mass is 19.1. The second-order valence-electron chi connectivity index (χ2n) is 13.1. The van der Waals surface area contributed by atoms with E-state index < -0.39 is 5.41 Å². The van der Waals surface area contributed by atoms with Crippen molar-refractivity contribution in [3.05, 3.63) is 125 Å². The summed E-state index contributed by atoms with van der Waals surface area (Å²) in [6.07, 6.45) is 1.94. The molecule has 0 spiro atoms. The molecule has 1 heterocycles. The van der Waals surface area contributed by atoms with E-state index in [9.17, 15) is 5.26 Å². The summed E-state index contributed by atoms with van der Waals surface area (Å²) >= 11 is 0. The Labute approximate surface area is 248 Å². The lowest BCUT2D eigenvalue weighted by Gasteiger charge is -2.27. The van der Waals surface area contributed by atoms with Gasteiger partial charge in [-0.3, -0.25) is 0 Å². The van der Waals surface area contributed by atoms with E-state index in [1.807, 2.05) is 58.3 Å². The number of nitriles is 1. The Hall–Kier alpha value is -4.55. The zero-order chi connectivity index (χ0) is 30.0. The maximum absolute atomic E-state index is 15.7. The van der Waals surface area contributed by atoms with Crippen molar-refractivity contribution >= 4 is 0 Å². The number of benzene rings is 4. The normalized spacial score (nSPS) is 13.4. The van der Waals surface area contributed by atoms with Gasteiger partial charge in [-0.15, -0.1) is 0 Å². The van der Waals surface area contributed by atoms with Crippen LogP contribution in [0.2, 0.25) is 0 Å². The van der Waals surface area contributed by atoms with E-state index in [0.717, 1.165) is 55.8 Å². The van der Waals surface area contributed by atoms with Crippen LogP contribution in [-0.4, -0.2) is 0 Å². The Morgan fingerprint density at radius 1 is 0.762 bits per heavy atom. The third kappa shape index (κ3) is 4.25. The molecule has 5 aromatic rings. The predicted octanol–water partition coefficient (Wildman–Crippen LogP) is 9.44. The minimum Gasteiger partial charge on any atom is -0.206 e. The summed E-state index contributed by atoms with van der Waals surface area (Å²) in [5.41, 5.74) is 12.4. The Kier molecular flexibility index (Phi) is 6.43. The summed E-state index contributed by atoms with van der Waals surface area (Å²) < 4.78 is 17.7. The molecule has 0 saturated heterocycles. The molecule has 0 bridgehead atoms. The number of aryl methyl sites for hydroxylation is 2. The average Bonchev–Trinajstić information content (AvgIpc) is 3.20. The number of fused-ring (bicyclic) bond motifs is 3. The number of aromatic nitrogens is 1. The molecule has 0 saturated carbocycles. The Bertz CT molecular complexity index is 1920. The first-order valence-electron chi connectivity index (χ1n) is 14.5. The third-order valence-electron chi connectivity index (χ3n) is 8.83. The molecule has 0 atom stereocenters. The van der Waals surface area contributed by atoms with Gasteiger partial charge in [-0.05, 0) is 69.0 Å². The SMILES string of the molecule is Cc1ccc2c(c1-c1cc(F)c(C(C)(C)C)c[n+]1C)C(C)(C)c1c-2ccc(C#N)c1-c1cccc(-c2ccccc2)c1. The van der Waals surface area contributed by atoms with Crippen molar-refractivity contribution in [2.45, 2.75) is 52.4 Å². The van der Waals surface area contributed by atoms with Crippen LogP contribution in [0, 0.1) is 24.1 Å². The molecule has 0 unspecified atom stereocenters.